The van der Waals surface area contributed by atoms with E-state index in [9.17, 15) is 76.7 Å². The van der Waals surface area contributed by atoms with Gasteiger partial charge in [-0.3, -0.25) is 57.5 Å². The summed E-state index contributed by atoms with van der Waals surface area (Å²) >= 11 is 0. The van der Waals surface area contributed by atoms with Crippen LogP contribution < -0.4 is 65.5 Å². The number of unbranched alkanes of at least 4 members (excludes halogenated alkanes) is 4. The molecule has 4 fully saturated rings. The highest BCUT2D eigenvalue weighted by Crippen LogP contribution is 2.60. The summed E-state index contributed by atoms with van der Waals surface area (Å²) in [7, 11) is 18.9. The van der Waals surface area contributed by atoms with Crippen LogP contribution in [0.1, 0.15) is 134 Å². The first-order valence-corrected chi connectivity index (χ1v) is 49.0. The largest absolute Gasteiger partial charge is 0.447 e. The Labute approximate surface area is 738 Å². The Bertz CT molecular complexity index is 2790. The number of hydrogen-bond acceptors (Lipinski definition) is 32. The van der Waals surface area contributed by atoms with Crippen molar-refractivity contribution in [2.24, 2.45) is 46.6 Å². The maximum absolute atomic E-state index is 13.4. The van der Waals surface area contributed by atoms with Gasteiger partial charge in [0, 0.05) is 190 Å². The van der Waals surface area contributed by atoms with Gasteiger partial charge in [-0.25, -0.2) is 19.2 Å². The van der Waals surface area contributed by atoms with Gasteiger partial charge in [0.05, 0.1) is 68.4 Å². The third-order valence-electron chi connectivity index (χ3n) is 18.3. The van der Waals surface area contributed by atoms with E-state index in [4.69, 9.17) is 60.8 Å². The van der Waals surface area contributed by atoms with Crippen molar-refractivity contribution >= 4 is 182 Å². The smallest absolute Gasteiger partial charge is 0.407 e. The van der Waals surface area contributed by atoms with Crippen molar-refractivity contribution in [3.63, 3.8) is 0 Å². The van der Waals surface area contributed by atoms with Crippen molar-refractivity contribution in [1.29, 1.82) is 0 Å². The second-order valence-electron chi connectivity index (χ2n) is 27.4. The highest BCUT2D eigenvalue weighted by atomic mass is 33.2. The second-order valence-corrected chi connectivity index (χ2v) is 38.8. The number of nitrogens with zero attached hydrogens (tertiary/aromatic N) is 4. The minimum Gasteiger partial charge on any atom is -0.447 e. The number of carbonyl (C=O) groups is 16. The molecule has 120 heavy (non-hydrogen) atoms. The lowest BCUT2D eigenvalue weighted by Gasteiger charge is -2.28. The SMILES string of the molecule is COCCOC(=O)NCCC(=O)N(CCC(=O)NCCCC[C@@H](C(N)=O)C1SS1)CCN(CCC(=O)NCCCC[C@@H](C(N)=O)C1SS1)C(=O)CCNC(=O)OCCOC.COCCOC(=O)NCCC(=O)N(CCC(=O)NCCCC[C@@H](C(N)=O)C1SS1)CCN(CCC(=O)NCCCC[C@@H](C(N)=O)C1SS1)C(=O)CCNC(=O)OCCOC.[HH].[HH].[HH].[HH]. The molecule has 0 aromatic heterocycles. The maximum atomic E-state index is 13.4. The van der Waals surface area contributed by atoms with Crippen molar-refractivity contribution in [3.05, 3.63) is 0 Å². The van der Waals surface area contributed by atoms with Gasteiger partial charge < -0.3 is 123 Å². The quantitative estimate of drug-likeness (QED) is 0.0180. The fourth-order valence-corrected chi connectivity index (χ4v) is 18.7. The van der Waals surface area contributed by atoms with E-state index in [0.717, 1.165) is 0 Å². The van der Waals surface area contributed by atoms with E-state index >= 15 is 0 Å². The van der Waals surface area contributed by atoms with Crippen LogP contribution in [-0.2, 0) is 95.4 Å². The van der Waals surface area contributed by atoms with Crippen LogP contribution in [0.25, 0.3) is 0 Å². The Morgan fingerprint density at radius 3 is 0.625 bits per heavy atom. The summed E-state index contributed by atoms with van der Waals surface area (Å²) in [6, 6.07) is 0. The molecule has 0 aliphatic carbocycles. The van der Waals surface area contributed by atoms with Crippen molar-refractivity contribution in [3.8, 4) is 0 Å². The van der Waals surface area contributed by atoms with Gasteiger partial charge >= 0.3 is 24.4 Å². The average molecular weight is 1860 g/mol. The number of hydrogen-bond donors (Lipinski definition) is 12. The molecular weight excluding hydrogens is 1730 g/mol. The summed E-state index contributed by atoms with van der Waals surface area (Å²) in [4.78, 5) is 206. The molecule has 16 N–H and O–H groups in total. The Morgan fingerprint density at radius 1 is 0.267 bits per heavy atom. The number of methoxy groups -OCH3 is 4. The van der Waals surface area contributed by atoms with Crippen LogP contribution >= 0.6 is 86.4 Å². The zero-order valence-electron chi connectivity index (χ0n) is 68.9. The minimum atomic E-state index is -0.722. The van der Waals surface area contributed by atoms with E-state index in [-0.39, 0.29) is 278 Å². The van der Waals surface area contributed by atoms with Crippen molar-refractivity contribution < 1.29 is 120 Å². The third-order valence-corrected chi connectivity index (χ3v) is 27.6. The van der Waals surface area contributed by atoms with E-state index in [2.05, 4.69) is 42.5 Å². The summed E-state index contributed by atoms with van der Waals surface area (Å²) in [5, 5.41) is 21.4. The molecule has 692 valence electrons. The predicted octanol–water partition coefficient (Wildman–Crippen LogP) is 3.32. The fourth-order valence-electron chi connectivity index (χ4n) is 11.2. The van der Waals surface area contributed by atoms with Crippen LogP contribution in [0.5, 0.6) is 0 Å². The van der Waals surface area contributed by atoms with Crippen LogP contribution in [-0.4, -0.2) is 319 Å². The number of primary amides is 4. The van der Waals surface area contributed by atoms with Crippen LogP contribution in [0.2, 0.25) is 0 Å². The fraction of sp³-hybridized carbons (Fsp3) is 0.778. The van der Waals surface area contributed by atoms with Gasteiger partial charge in [-0.05, 0) is 51.4 Å². The number of nitrogens with two attached hydrogens (primary N) is 4. The van der Waals surface area contributed by atoms with Crippen LogP contribution in [0.3, 0.4) is 0 Å². The molecule has 0 bridgehead atoms. The van der Waals surface area contributed by atoms with Gasteiger partial charge in [0.25, 0.3) is 0 Å². The average Bonchev–Trinajstić information content (AvgIpc) is 1.75. The van der Waals surface area contributed by atoms with Crippen LogP contribution in [0, 0.1) is 23.7 Å². The van der Waals surface area contributed by atoms with Gasteiger partial charge in [-0.15, -0.1) is 0 Å². The first-order chi connectivity index (χ1) is 57.7. The van der Waals surface area contributed by atoms with E-state index in [1.54, 1.807) is 86.4 Å². The summed E-state index contributed by atoms with van der Waals surface area (Å²) in [5.41, 5.74) is 22.1. The summed E-state index contributed by atoms with van der Waals surface area (Å²) in [5.74, 6) is -4.88. The molecule has 48 heteroatoms. The summed E-state index contributed by atoms with van der Waals surface area (Å²) in [6.45, 7) is 2.35. The van der Waals surface area contributed by atoms with Gasteiger partial charge in [0.2, 0.25) is 70.9 Å². The molecule has 0 unspecified atom stereocenters. The third kappa shape index (κ3) is 53.4. The molecule has 4 atom stereocenters. The molecule has 0 spiro atoms. The Hall–Kier alpha value is -6.64. The summed E-state index contributed by atoms with van der Waals surface area (Å²) in [6.07, 6.45) is 4.41. The monoisotopic (exact) mass is 1860 g/mol. The number of ether oxygens (including phenoxy) is 8. The Balaban J connectivity index is 0. The zero-order valence-corrected chi connectivity index (χ0v) is 75.4. The van der Waals surface area contributed by atoms with E-state index in [1.165, 1.54) is 48.0 Å². The molecule has 40 nitrogen and oxygen atoms in total. The van der Waals surface area contributed by atoms with Crippen LogP contribution in [0.15, 0.2) is 0 Å². The number of alkyl carbamates (subject to hydrolysis) is 4. The van der Waals surface area contributed by atoms with Crippen molar-refractivity contribution in [2.75, 3.05) is 186 Å². The van der Waals surface area contributed by atoms with Gasteiger partial charge in [0.1, 0.15) is 26.4 Å². The van der Waals surface area contributed by atoms with Crippen LogP contribution in [0.4, 0.5) is 19.2 Å². The van der Waals surface area contributed by atoms with Crippen molar-refractivity contribution in [1.82, 2.24) is 62.1 Å². The lowest BCUT2D eigenvalue weighted by atomic mass is 10.0. The molecular formula is C72H132N16O24S8. The van der Waals surface area contributed by atoms with Gasteiger partial charge in [-0.1, -0.05) is 112 Å². The van der Waals surface area contributed by atoms with Gasteiger partial charge in [0.15, 0.2) is 0 Å². The molecule has 0 saturated carbocycles. The number of nitrogens with one attached hydrogen (secondary N) is 8. The molecule has 4 aliphatic heterocycles. The maximum Gasteiger partial charge on any atom is 0.407 e. The van der Waals surface area contributed by atoms with E-state index in [1.807, 2.05) is 0 Å². The number of amides is 16. The lowest BCUT2D eigenvalue weighted by Crippen LogP contribution is -2.45. The van der Waals surface area contributed by atoms with E-state index in [0.29, 0.717) is 103 Å². The molecule has 0 aromatic carbocycles. The highest BCUT2D eigenvalue weighted by Gasteiger charge is 2.40. The first kappa shape index (κ1) is 108. The topological polar surface area (TPSA) is 560 Å². The Morgan fingerprint density at radius 2 is 0.458 bits per heavy atom. The number of carbonyl (C=O) groups excluding carboxylic acids is 16. The second kappa shape index (κ2) is 65.9. The van der Waals surface area contributed by atoms with E-state index < -0.39 is 48.0 Å². The first-order valence-electron chi connectivity index (χ1n) is 39.9. The van der Waals surface area contributed by atoms with Crippen molar-refractivity contribution in [2.45, 2.75) is 147 Å². The molecule has 16 amide bonds. The highest BCUT2D eigenvalue weighted by molar-refractivity contribution is 8.93. The standard InChI is InChI=1S/2C36H62N8O12S4.4H2/c2*1-53-21-23-55-35(51)41-15-9-29(47)43(17-11-27(45)39-13-5-3-7-25(31(37)49)33-57-58-33)19-20-44(30(48)10-16-42-36(52)56-24-22-54-2)18-12-28(46)40-14-6-4-8-26(32(38)50)34-59-60-34;;;;/h2*25-26,33-34H,3-24H2,1-2H3,(H2,37,49)(H2,38,50)(H,39,45)(H,40,46)(H,41,51)(H,42,52);4*1H/t2*25-,26-;;;;/m00..../s1. The molecule has 4 saturated heterocycles. The van der Waals surface area contributed by atoms with Gasteiger partial charge in [-0.2, -0.15) is 0 Å². The zero-order chi connectivity index (χ0) is 88.2. The summed E-state index contributed by atoms with van der Waals surface area (Å²) < 4.78 is 40.1. The minimum absolute atomic E-state index is 0. The normalized spacial score (nSPS) is 14.2. The molecule has 4 aliphatic rings. The molecule has 0 aromatic rings. The molecule has 4 heterocycles. The Kier molecular flexibility index (Phi) is 59.1. The molecule has 4 rings (SSSR count). The lowest BCUT2D eigenvalue weighted by molar-refractivity contribution is -0.136. The molecule has 0 radical (unpaired) electrons. The predicted molar refractivity (Wildman–Crippen MR) is 471 cm³/mol. The number of rotatable bonds is 70.